The minimum atomic E-state index is -0.572. The Labute approximate surface area is 101 Å². The normalized spacial score (nSPS) is 22.9. The van der Waals surface area contributed by atoms with Gasteiger partial charge in [0.2, 0.25) is 0 Å². The summed E-state index contributed by atoms with van der Waals surface area (Å²) in [6.07, 6.45) is 5.27. The summed E-state index contributed by atoms with van der Waals surface area (Å²) in [5.74, 6) is -1.91. The highest BCUT2D eigenvalue weighted by Gasteiger charge is 2.34. The van der Waals surface area contributed by atoms with Gasteiger partial charge in [0, 0.05) is 0 Å². The van der Waals surface area contributed by atoms with E-state index in [1.54, 1.807) is 26.0 Å². The average Bonchev–Trinajstić information content (AvgIpc) is 2.29. The first kappa shape index (κ1) is 13.5. The molecule has 2 unspecified atom stereocenters. The number of hydrogen-bond acceptors (Lipinski definition) is 4. The number of carbonyl (C=O) groups excluding carboxylic acids is 2. The van der Waals surface area contributed by atoms with Crippen LogP contribution < -0.4 is 0 Å². The molecule has 1 aliphatic carbocycles. The summed E-state index contributed by atoms with van der Waals surface area (Å²) < 4.78 is 9.91. The van der Waals surface area contributed by atoms with Crippen LogP contribution in [-0.2, 0) is 19.1 Å². The third-order valence-electron chi connectivity index (χ3n) is 2.51. The van der Waals surface area contributed by atoms with Gasteiger partial charge in [-0.3, -0.25) is 9.59 Å². The quantitative estimate of drug-likeness (QED) is 0.701. The van der Waals surface area contributed by atoms with E-state index in [1.807, 2.05) is 13.0 Å². The van der Waals surface area contributed by atoms with E-state index in [0.717, 1.165) is 5.57 Å². The van der Waals surface area contributed by atoms with Gasteiger partial charge in [0.25, 0.3) is 0 Å². The van der Waals surface area contributed by atoms with E-state index < -0.39 is 11.8 Å². The Kier molecular flexibility index (Phi) is 4.94. The zero-order valence-corrected chi connectivity index (χ0v) is 10.4. The van der Waals surface area contributed by atoms with E-state index >= 15 is 0 Å². The van der Waals surface area contributed by atoms with Crippen LogP contribution in [0.2, 0.25) is 0 Å². The molecule has 0 heterocycles. The van der Waals surface area contributed by atoms with Gasteiger partial charge in [-0.15, -0.1) is 0 Å². The smallest absolute Gasteiger partial charge is 0.314 e. The average molecular weight is 238 g/mol. The van der Waals surface area contributed by atoms with Crippen LogP contribution in [0.5, 0.6) is 0 Å². The topological polar surface area (TPSA) is 52.6 Å². The van der Waals surface area contributed by atoms with Crippen molar-refractivity contribution in [3.63, 3.8) is 0 Å². The third kappa shape index (κ3) is 3.44. The fraction of sp³-hybridized carbons (Fsp3) is 0.538. The summed E-state index contributed by atoms with van der Waals surface area (Å²) in [6, 6.07) is 0. The highest BCUT2D eigenvalue weighted by molar-refractivity contribution is 5.85. The molecule has 0 amide bonds. The lowest BCUT2D eigenvalue weighted by Crippen LogP contribution is -2.31. The maximum Gasteiger partial charge on any atom is 0.314 e. The van der Waals surface area contributed by atoms with Crippen LogP contribution in [0.15, 0.2) is 23.8 Å². The summed E-state index contributed by atoms with van der Waals surface area (Å²) in [4.78, 5) is 23.5. The number of rotatable bonds is 4. The van der Waals surface area contributed by atoms with Crippen molar-refractivity contribution in [2.45, 2.75) is 20.8 Å². The monoisotopic (exact) mass is 238 g/mol. The van der Waals surface area contributed by atoms with Gasteiger partial charge in [0.05, 0.1) is 25.0 Å². The van der Waals surface area contributed by atoms with Crippen molar-refractivity contribution in [3.05, 3.63) is 23.8 Å². The maximum atomic E-state index is 11.8. The number of esters is 2. The summed E-state index contributed by atoms with van der Waals surface area (Å²) in [6.45, 7) is 5.98. The zero-order chi connectivity index (χ0) is 12.8. The van der Waals surface area contributed by atoms with Crippen LogP contribution in [0.25, 0.3) is 0 Å². The van der Waals surface area contributed by atoms with Crippen molar-refractivity contribution in [1.29, 1.82) is 0 Å². The number of carbonyl (C=O) groups is 2. The van der Waals surface area contributed by atoms with Crippen LogP contribution in [0.3, 0.4) is 0 Å². The van der Waals surface area contributed by atoms with Crippen molar-refractivity contribution in [2.24, 2.45) is 11.8 Å². The van der Waals surface area contributed by atoms with Gasteiger partial charge in [-0.2, -0.15) is 0 Å². The van der Waals surface area contributed by atoms with Crippen molar-refractivity contribution in [1.82, 2.24) is 0 Å². The van der Waals surface area contributed by atoms with E-state index in [2.05, 4.69) is 0 Å². The first-order valence-corrected chi connectivity index (χ1v) is 5.80. The molecule has 2 atom stereocenters. The van der Waals surface area contributed by atoms with Gasteiger partial charge in [0.15, 0.2) is 0 Å². The van der Waals surface area contributed by atoms with Crippen LogP contribution in [0.1, 0.15) is 20.8 Å². The molecule has 0 N–H and O–H groups in total. The molecule has 0 fully saturated rings. The number of allylic oxidation sites excluding steroid dienone is 2. The molecule has 4 heteroatoms. The molecule has 0 aromatic rings. The van der Waals surface area contributed by atoms with Gasteiger partial charge >= 0.3 is 11.9 Å². The second kappa shape index (κ2) is 6.23. The van der Waals surface area contributed by atoms with Gasteiger partial charge < -0.3 is 9.47 Å². The predicted molar refractivity (Wildman–Crippen MR) is 63.1 cm³/mol. The first-order valence-electron chi connectivity index (χ1n) is 5.80. The highest BCUT2D eigenvalue weighted by atomic mass is 16.5. The molecule has 1 rings (SSSR count). The van der Waals surface area contributed by atoms with Crippen LogP contribution in [-0.4, -0.2) is 25.2 Å². The van der Waals surface area contributed by atoms with E-state index in [1.165, 1.54) is 0 Å². The Morgan fingerprint density at radius 1 is 1.12 bits per heavy atom. The Hall–Kier alpha value is -1.58. The third-order valence-corrected chi connectivity index (χ3v) is 2.51. The van der Waals surface area contributed by atoms with E-state index in [0.29, 0.717) is 13.2 Å². The zero-order valence-electron chi connectivity index (χ0n) is 10.4. The fourth-order valence-corrected chi connectivity index (χ4v) is 1.73. The Balaban J connectivity index is 2.84. The number of ether oxygens (including phenoxy) is 2. The molecule has 0 aromatic heterocycles. The summed E-state index contributed by atoms with van der Waals surface area (Å²) >= 11 is 0. The second-order valence-electron chi connectivity index (χ2n) is 3.83. The molecule has 0 aliphatic heterocycles. The standard InChI is InChI=1S/C13H18O4/c1-4-16-12(14)10-7-6-9(3)8-11(10)13(15)17-5-2/h6-8,10-11H,4-5H2,1-3H3. The predicted octanol–water partition coefficient (Wildman–Crippen LogP) is 1.86. The Morgan fingerprint density at radius 2 is 1.65 bits per heavy atom. The summed E-state index contributed by atoms with van der Waals surface area (Å²) in [7, 11) is 0. The molecule has 0 bridgehead atoms. The SMILES string of the molecule is CCOC(=O)C1C=CC(C)=CC1C(=O)OCC. The van der Waals surface area contributed by atoms with Gasteiger partial charge in [-0.1, -0.05) is 23.8 Å². The van der Waals surface area contributed by atoms with E-state index in [9.17, 15) is 9.59 Å². The van der Waals surface area contributed by atoms with Crippen molar-refractivity contribution < 1.29 is 19.1 Å². The molecule has 0 saturated heterocycles. The molecule has 1 aliphatic rings. The van der Waals surface area contributed by atoms with Gasteiger partial charge in [-0.05, 0) is 20.8 Å². The first-order chi connectivity index (χ1) is 8.10. The molecule has 0 spiro atoms. The largest absolute Gasteiger partial charge is 0.466 e. The lowest BCUT2D eigenvalue weighted by atomic mass is 9.86. The van der Waals surface area contributed by atoms with Crippen molar-refractivity contribution in [3.8, 4) is 0 Å². The molecule has 17 heavy (non-hydrogen) atoms. The minimum Gasteiger partial charge on any atom is -0.466 e. The second-order valence-corrected chi connectivity index (χ2v) is 3.83. The van der Waals surface area contributed by atoms with E-state index in [-0.39, 0.29) is 11.9 Å². The molecule has 0 aromatic carbocycles. The molecule has 4 nitrogen and oxygen atoms in total. The molecular weight excluding hydrogens is 220 g/mol. The van der Waals surface area contributed by atoms with Crippen LogP contribution >= 0.6 is 0 Å². The fourth-order valence-electron chi connectivity index (χ4n) is 1.73. The van der Waals surface area contributed by atoms with Crippen LogP contribution in [0, 0.1) is 11.8 Å². The summed E-state index contributed by atoms with van der Waals surface area (Å²) in [5.41, 5.74) is 0.948. The molecule has 94 valence electrons. The van der Waals surface area contributed by atoms with E-state index in [4.69, 9.17) is 9.47 Å². The van der Waals surface area contributed by atoms with Crippen molar-refractivity contribution in [2.75, 3.05) is 13.2 Å². The number of hydrogen-bond donors (Lipinski definition) is 0. The van der Waals surface area contributed by atoms with Gasteiger partial charge in [0.1, 0.15) is 0 Å². The molecule has 0 saturated carbocycles. The lowest BCUT2D eigenvalue weighted by Gasteiger charge is -2.22. The lowest BCUT2D eigenvalue weighted by molar-refractivity contribution is -0.156. The minimum absolute atomic E-state index is 0.307. The Morgan fingerprint density at radius 3 is 2.18 bits per heavy atom. The molecule has 0 radical (unpaired) electrons. The summed E-state index contributed by atoms with van der Waals surface area (Å²) in [5, 5.41) is 0. The van der Waals surface area contributed by atoms with Crippen molar-refractivity contribution >= 4 is 11.9 Å². The Bertz CT molecular complexity index is 354. The van der Waals surface area contributed by atoms with Crippen LogP contribution in [0.4, 0.5) is 0 Å². The highest BCUT2D eigenvalue weighted by Crippen LogP contribution is 2.25. The molecular formula is C13H18O4. The van der Waals surface area contributed by atoms with Gasteiger partial charge in [-0.25, -0.2) is 0 Å². The maximum absolute atomic E-state index is 11.8.